The van der Waals surface area contributed by atoms with Gasteiger partial charge in [-0.1, -0.05) is 44.2 Å². The summed E-state index contributed by atoms with van der Waals surface area (Å²) in [5.41, 5.74) is 0.798. The molecule has 1 saturated heterocycles. The smallest absolute Gasteiger partial charge is 0.407 e. The maximum absolute atomic E-state index is 13.4. The highest BCUT2D eigenvalue weighted by Crippen LogP contribution is 2.21. The van der Waals surface area contributed by atoms with E-state index in [2.05, 4.69) is 5.32 Å². The molecule has 10 nitrogen and oxygen atoms in total. The van der Waals surface area contributed by atoms with Crippen LogP contribution in [0.1, 0.15) is 25.8 Å². The second-order valence-corrected chi connectivity index (χ2v) is 13.8. The van der Waals surface area contributed by atoms with Crippen LogP contribution < -0.4 is 5.32 Å². The normalized spacial score (nSPS) is 19.0. The molecule has 0 aromatic heterocycles. The second kappa shape index (κ2) is 12.2. The maximum Gasteiger partial charge on any atom is 0.407 e. The number of phenols is 1. The Bertz CT molecular complexity index is 1250. The van der Waals surface area contributed by atoms with E-state index in [9.17, 15) is 31.8 Å². The molecule has 0 spiro atoms. The van der Waals surface area contributed by atoms with Crippen molar-refractivity contribution in [2.24, 2.45) is 5.92 Å². The number of carbonyl (C=O) groups is 1. The lowest BCUT2D eigenvalue weighted by molar-refractivity contribution is 0.0768. The van der Waals surface area contributed by atoms with Crippen molar-refractivity contribution < 1.29 is 36.6 Å². The van der Waals surface area contributed by atoms with Gasteiger partial charge in [-0.3, -0.25) is 0 Å². The molecule has 3 atom stereocenters. The highest BCUT2D eigenvalue weighted by atomic mass is 32.2. The molecule has 3 unspecified atom stereocenters. The number of benzene rings is 2. The molecular formula is C25H34N2O8S2. The monoisotopic (exact) mass is 554 g/mol. The van der Waals surface area contributed by atoms with Gasteiger partial charge in [-0.05, 0) is 48.6 Å². The summed E-state index contributed by atoms with van der Waals surface area (Å²) < 4.78 is 56.6. The van der Waals surface area contributed by atoms with Crippen LogP contribution in [0.25, 0.3) is 0 Å². The number of carbonyl (C=O) groups excluding carboxylic acids is 1. The molecule has 1 heterocycles. The molecule has 12 heteroatoms. The number of sulfonamides is 1. The van der Waals surface area contributed by atoms with E-state index in [1.165, 1.54) is 24.3 Å². The summed E-state index contributed by atoms with van der Waals surface area (Å²) in [6, 6.07) is 13.3. The van der Waals surface area contributed by atoms with Gasteiger partial charge in [0.2, 0.25) is 10.0 Å². The van der Waals surface area contributed by atoms with Gasteiger partial charge in [0.25, 0.3) is 0 Å². The van der Waals surface area contributed by atoms with E-state index in [1.807, 2.05) is 32.0 Å². The first-order valence-electron chi connectivity index (χ1n) is 12.0. The summed E-state index contributed by atoms with van der Waals surface area (Å²) in [6.45, 7) is 3.50. The highest BCUT2D eigenvalue weighted by molar-refractivity contribution is 7.91. The Kier molecular flexibility index (Phi) is 9.57. The number of aliphatic hydroxyl groups is 1. The van der Waals surface area contributed by atoms with Gasteiger partial charge in [-0.2, -0.15) is 4.31 Å². The molecule has 0 radical (unpaired) electrons. The van der Waals surface area contributed by atoms with Gasteiger partial charge in [0.1, 0.15) is 11.9 Å². The van der Waals surface area contributed by atoms with Crippen molar-refractivity contribution in [3.63, 3.8) is 0 Å². The topological polar surface area (TPSA) is 150 Å². The van der Waals surface area contributed by atoms with Crippen LogP contribution in [0.15, 0.2) is 59.5 Å². The molecule has 37 heavy (non-hydrogen) atoms. The molecule has 0 saturated carbocycles. The first-order chi connectivity index (χ1) is 17.4. The minimum Gasteiger partial charge on any atom is -0.508 e. The predicted molar refractivity (Wildman–Crippen MR) is 138 cm³/mol. The average Bonchev–Trinajstić information content (AvgIpc) is 3.16. The Morgan fingerprint density at radius 2 is 1.76 bits per heavy atom. The fraction of sp³-hybridized carbons (Fsp3) is 0.480. The van der Waals surface area contributed by atoms with Crippen LogP contribution in [0.2, 0.25) is 0 Å². The van der Waals surface area contributed by atoms with Gasteiger partial charge < -0.3 is 20.3 Å². The predicted octanol–water partition coefficient (Wildman–Crippen LogP) is 1.92. The standard InChI is InChI=1S/C25H34N2O8S2/c1-18(2)15-27(37(33,34)22-10-8-20(28)9-11-22)16-24(29)23(14-19-6-4-3-5-7-19)26-25(30)35-21-12-13-36(31,32)17-21/h3-11,18,21,23-24,28-29H,12-17H2,1-2H3,(H,26,30). The Balaban J connectivity index is 1.80. The number of amides is 1. The van der Waals surface area contributed by atoms with Crippen LogP contribution in [0.3, 0.4) is 0 Å². The molecule has 2 aromatic rings. The SMILES string of the molecule is CC(C)CN(CC(O)C(Cc1ccccc1)NC(=O)OC1CCS(=O)(=O)C1)S(=O)(=O)c1ccc(O)cc1. The molecule has 3 N–H and O–H groups in total. The van der Waals surface area contributed by atoms with Crippen LogP contribution in [0, 0.1) is 5.92 Å². The molecule has 0 bridgehead atoms. The molecule has 3 rings (SSSR count). The van der Waals surface area contributed by atoms with Gasteiger partial charge >= 0.3 is 6.09 Å². The molecule has 1 aliphatic rings. The van der Waals surface area contributed by atoms with Crippen molar-refractivity contribution in [3.05, 3.63) is 60.2 Å². The third-order valence-corrected chi connectivity index (χ3v) is 9.55. The van der Waals surface area contributed by atoms with Gasteiger partial charge in [-0.25, -0.2) is 21.6 Å². The number of phenolic OH excluding ortho intramolecular Hbond substituents is 1. The lowest BCUT2D eigenvalue weighted by Crippen LogP contribution is -2.51. The van der Waals surface area contributed by atoms with E-state index >= 15 is 0 Å². The summed E-state index contributed by atoms with van der Waals surface area (Å²) in [4.78, 5) is 12.6. The summed E-state index contributed by atoms with van der Waals surface area (Å²) in [5.74, 6) is -0.441. The zero-order valence-electron chi connectivity index (χ0n) is 20.9. The third-order valence-electron chi connectivity index (χ3n) is 5.96. The number of hydrogen-bond donors (Lipinski definition) is 3. The van der Waals surface area contributed by atoms with Crippen molar-refractivity contribution in [2.75, 3.05) is 24.6 Å². The Hall–Kier alpha value is -2.67. The maximum atomic E-state index is 13.4. The lowest BCUT2D eigenvalue weighted by Gasteiger charge is -2.30. The fourth-order valence-electron chi connectivity index (χ4n) is 4.12. The third kappa shape index (κ3) is 8.42. The Morgan fingerprint density at radius 3 is 2.32 bits per heavy atom. The number of aliphatic hydroxyl groups excluding tert-OH is 1. The van der Waals surface area contributed by atoms with Crippen LogP contribution in [-0.2, 0) is 31.0 Å². The van der Waals surface area contributed by atoms with Crippen molar-refractivity contribution >= 4 is 26.0 Å². The van der Waals surface area contributed by atoms with E-state index in [1.54, 1.807) is 12.1 Å². The molecule has 204 valence electrons. The number of nitrogens with zero attached hydrogens (tertiary/aromatic N) is 1. The van der Waals surface area contributed by atoms with Gasteiger partial charge in [0, 0.05) is 13.1 Å². The average molecular weight is 555 g/mol. The first kappa shape index (κ1) is 28.9. The quantitative estimate of drug-likeness (QED) is 0.381. The van der Waals surface area contributed by atoms with Crippen LogP contribution in [-0.4, -0.2) is 80.3 Å². The summed E-state index contributed by atoms with van der Waals surface area (Å²) >= 11 is 0. The number of hydrogen-bond acceptors (Lipinski definition) is 8. The van der Waals surface area contributed by atoms with Crippen LogP contribution >= 0.6 is 0 Å². The molecule has 1 amide bonds. The molecular weight excluding hydrogens is 520 g/mol. The summed E-state index contributed by atoms with van der Waals surface area (Å²) in [6.07, 6.45) is -2.57. The summed E-state index contributed by atoms with van der Waals surface area (Å²) in [5, 5.41) is 23.4. The van der Waals surface area contributed by atoms with Crippen molar-refractivity contribution in [1.82, 2.24) is 9.62 Å². The van der Waals surface area contributed by atoms with E-state index in [-0.39, 0.29) is 54.0 Å². The van der Waals surface area contributed by atoms with Crippen molar-refractivity contribution in [1.29, 1.82) is 0 Å². The lowest BCUT2D eigenvalue weighted by atomic mass is 10.0. The minimum atomic E-state index is -4.02. The minimum absolute atomic E-state index is 0.0347. The summed E-state index contributed by atoms with van der Waals surface area (Å²) in [7, 11) is -7.27. The highest BCUT2D eigenvalue weighted by Gasteiger charge is 2.34. The number of sulfone groups is 1. The Morgan fingerprint density at radius 1 is 1.11 bits per heavy atom. The van der Waals surface area contributed by atoms with E-state index < -0.39 is 44.2 Å². The number of nitrogens with one attached hydrogen (secondary N) is 1. The van der Waals surface area contributed by atoms with Crippen LogP contribution in [0.4, 0.5) is 4.79 Å². The first-order valence-corrected chi connectivity index (χ1v) is 15.3. The number of alkyl carbamates (subject to hydrolysis) is 1. The van der Waals surface area contributed by atoms with Crippen molar-refractivity contribution in [3.8, 4) is 5.75 Å². The van der Waals surface area contributed by atoms with E-state index in [0.29, 0.717) is 0 Å². The largest absolute Gasteiger partial charge is 0.508 e. The molecule has 0 aliphatic carbocycles. The van der Waals surface area contributed by atoms with E-state index in [0.717, 1.165) is 9.87 Å². The van der Waals surface area contributed by atoms with Gasteiger partial charge in [-0.15, -0.1) is 0 Å². The Labute approximate surface area is 218 Å². The number of ether oxygens (including phenoxy) is 1. The molecule has 1 fully saturated rings. The zero-order chi connectivity index (χ0) is 27.2. The molecule has 1 aliphatic heterocycles. The second-order valence-electron chi connectivity index (χ2n) is 9.65. The van der Waals surface area contributed by atoms with Crippen LogP contribution in [0.5, 0.6) is 5.75 Å². The van der Waals surface area contributed by atoms with Gasteiger partial charge in [0.15, 0.2) is 9.84 Å². The zero-order valence-corrected chi connectivity index (χ0v) is 22.5. The fourth-order valence-corrected chi connectivity index (χ4v) is 7.33. The number of rotatable bonds is 11. The van der Waals surface area contributed by atoms with E-state index in [4.69, 9.17) is 4.74 Å². The molecule has 2 aromatic carbocycles. The number of aromatic hydroxyl groups is 1. The van der Waals surface area contributed by atoms with Gasteiger partial charge in [0.05, 0.1) is 28.5 Å². The van der Waals surface area contributed by atoms with Crippen molar-refractivity contribution in [2.45, 2.75) is 49.8 Å².